The highest BCUT2D eigenvalue weighted by Gasteiger charge is 2.31. The van der Waals surface area contributed by atoms with Crippen LogP contribution >= 0.6 is 23.2 Å². The van der Waals surface area contributed by atoms with E-state index in [0.717, 1.165) is 23.8 Å². The zero-order valence-corrected chi connectivity index (χ0v) is 14.5. The van der Waals surface area contributed by atoms with Gasteiger partial charge in [-0.2, -0.15) is 13.2 Å². The van der Waals surface area contributed by atoms with Crippen LogP contribution in [-0.4, -0.2) is 12.5 Å². The van der Waals surface area contributed by atoms with Crippen LogP contribution in [0.2, 0.25) is 10.0 Å². The van der Waals surface area contributed by atoms with Crippen LogP contribution in [0.4, 0.5) is 18.9 Å². The van der Waals surface area contributed by atoms with E-state index < -0.39 is 17.6 Å². The molecule has 2 aromatic rings. The SMILES string of the molecule is O=C(CCNCc1ccc(Cl)cc1)Nc1cc(C(F)(F)F)ccc1Cl. The third-order valence-electron chi connectivity index (χ3n) is 3.34. The van der Waals surface area contributed by atoms with Gasteiger partial charge in [-0.25, -0.2) is 0 Å². The lowest BCUT2D eigenvalue weighted by Crippen LogP contribution is -2.21. The molecule has 8 heteroatoms. The van der Waals surface area contributed by atoms with Crippen molar-refractivity contribution in [2.24, 2.45) is 0 Å². The Bertz CT molecular complexity index is 734. The second-order valence-corrected chi connectivity index (χ2v) is 6.14. The molecule has 0 unspecified atom stereocenters. The van der Waals surface area contributed by atoms with Gasteiger partial charge in [0.15, 0.2) is 0 Å². The largest absolute Gasteiger partial charge is 0.416 e. The molecule has 134 valence electrons. The Morgan fingerprint density at radius 2 is 1.72 bits per heavy atom. The first-order valence-electron chi connectivity index (χ1n) is 7.37. The molecule has 0 saturated heterocycles. The number of anilines is 1. The number of rotatable bonds is 6. The van der Waals surface area contributed by atoms with Gasteiger partial charge in [0.2, 0.25) is 5.91 Å². The van der Waals surface area contributed by atoms with E-state index in [2.05, 4.69) is 10.6 Å². The van der Waals surface area contributed by atoms with Crippen molar-refractivity contribution in [2.45, 2.75) is 19.1 Å². The van der Waals surface area contributed by atoms with Crippen molar-refractivity contribution in [1.82, 2.24) is 5.32 Å². The first-order valence-corrected chi connectivity index (χ1v) is 8.13. The smallest absolute Gasteiger partial charge is 0.325 e. The second kappa shape index (κ2) is 8.56. The lowest BCUT2D eigenvalue weighted by Gasteiger charge is -2.12. The third kappa shape index (κ3) is 6.23. The van der Waals surface area contributed by atoms with E-state index >= 15 is 0 Å². The van der Waals surface area contributed by atoms with Crippen LogP contribution in [0, 0.1) is 0 Å². The Morgan fingerprint density at radius 1 is 1.04 bits per heavy atom. The first kappa shape index (κ1) is 19.6. The van der Waals surface area contributed by atoms with Gasteiger partial charge in [-0.05, 0) is 35.9 Å². The summed E-state index contributed by atoms with van der Waals surface area (Å²) in [4.78, 5) is 11.9. The standard InChI is InChI=1S/C17H15Cl2F3N2O/c18-13-4-1-11(2-5-13)10-23-8-7-16(25)24-15-9-12(17(20,21)22)3-6-14(15)19/h1-6,9,23H,7-8,10H2,(H,24,25). The van der Waals surface area contributed by atoms with Crippen molar-refractivity contribution in [1.29, 1.82) is 0 Å². The molecule has 0 spiro atoms. The summed E-state index contributed by atoms with van der Waals surface area (Å²) < 4.78 is 38.1. The molecule has 2 rings (SSSR count). The van der Waals surface area contributed by atoms with Gasteiger partial charge in [0.05, 0.1) is 16.3 Å². The fraction of sp³-hybridized carbons (Fsp3) is 0.235. The molecule has 0 aliphatic heterocycles. The number of nitrogens with one attached hydrogen (secondary N) is 2. The molecule has 1 amide bonds. The number of hydrogen-bond donors (Lipinski definition) is 2. The average molecular weight is 391 g/mol. The lowest BCUT2D eigenvalue weighted by atomic mass is 10.2. The number of carbonyl (C=O) groups is 1. The zero-order chi connectivity index (χ0) is 18.4. The van der Waals surface area contributed by atoms with E-state index in [1.807, 2.05) is 12.1 Å². The number of benzene rings is 2. The molecule has 25 heavy (non-hydrogen) atoms. The fourth-order valence-corrected chi connectivity index (χ4v) is 2.34. The summed E-state index contributed by atoms with van der Waals surface area (Å²) in [5.74, 6) is -0.426. The molecule has 0 fully saturated rings. The quantitative estimate of drug-likeness (QED) is 0.671. The number of halogens is 5. The van der Waals surface area contributed by atoms with Gasteiger partial charge in [-0.1, -0.05) is 35.3 Å². The predicted molar refractivity (Wildman–Crippen MR) is 92.9 cm³/mol. The van der Waals surface area contributed by atoms with Crippen molar-refractivity contribution >= 4 is 34.8 Å². The molecule has 0 saturated carbocycles. The van der Waals surface area contributed by atoms with Crippen LogP contribution in [0.15, 0.2) is 42.5 Å². The van der Waals surface area contributed by atoms with Gasteiger partial charge in [-0.3, -0.25) is 4.79 Å². The molecule has 0 heterocycles. The Labute approximate surface area is 153 Å². The van der Waals surface area contributed by atoms with E-state index in [9.17, 15) is 18.0 Å². The van der Waals surface area contributed by atoms with Gasteiger partial charge >= 0.3 is 6.18 Å². The van der Waals surface area contributed by atoms with E-state index in [1.165, 1.54) is 0 Å². The zero-order valence-electron chi connectivity index (χ0n) is 13.0. The maximum atomic E-state index is 12.7. The second-order valence-electron chi connectivity index (χ2n) is 5.29. The molecule has 0 aliphatic carbocycles. The highest BCUT2D eigenvalue weighted by molar-refractivity contribution is 6.33. The molecule has 2 aromatic carbocycles. The number of hydrogen-bond acceptors (Lipinski definition) is 2. The molecular formula is C17H15Cl2F3N2O. The Morgan fingerprint density at radius 3 is 2.36 bits per heavy atom. The first-order chi connectivity index (χ1) is 11.8. The summed E-state index contributed by atoms with van der Waals surface area (Å²) in [5, 5.41) is 6.16. The minimum Gasteiger partial charge on any atom is -0.325 e. The van der Waals surface area contributed by atoms with Crippen LogP contribution in [0.25, 0.3) is 0 Å². The Hall–Kier alpha value is -1.76. The van der Waals surface area contributed by atoms with Gasteiger partial charge in [-0.15, -0.1) is 0 Å². The van der Waals surface area contributed by atoms with Crippen LogP contribution in [0.5, 0.6) is 0 Å². The van der Waals surface area contributed by atoms with Crippen molar-refractivity contribution in [3.8, 4) is 0 Å². The molecule has 0 aromatic heterocycles. The topological polar surface area (TPSA) is 41.1 Å². The van der Waals surface area contributed by atoms with E-state index in [1.54, 1.807) is 12.1 Å². The molecule has 2 N–H and O–H groups in total. The maximum absolute atomic E-state index is 12.7. The van der Waals surface area contributed by atoms with Crippen molar-refractivity contribution in [2.75, 3.05) is 11.9 Å². The monoisotopic (exact) mass is 390 g/mol. The molecule has 0 radical (unpaired) electrons. The fourth-order valence-electron chi connectivity index (χ4n) is 2.05. The van der Waals surface area contributed by atoms with Crippen molar-refractivity contribution in [3.05, 3.63) is 63.6 Å². The summed E-state index contributed by atoms with van der Waals surface area (Å²) in [6.45, 7) is 0.916. The van der Waals surface area contributed by atoms with E-state index in [-0.39, 0.29) is 17.1 Å². The summed E-state index contributed by atoms with van der Waals surface area (Å²) in [5.41, 5.74) is 0.0815. The number of alkyl halides is 3. The summed E-state index contributed by atoms with van der Waals surface area (Å²) in [7, 11) is 0. The molecule has 0 aliphatic rings. The van der Waals surface area contributed by atoms with E-state index in [4.69, 9.17) is 23.2 Å². The van der Waals surface area contributed by atoms with Crippen LogP contribution < -0.4 is 10.6 Å². The molecule has 0 atom stereocenters. The van der Waals surface area contributed by atoms with Crippen molar-refractivity contribution < 1.29 is 18.0 Å². The van der Waals surface area contributed by atoms with Crippen LogP contribution in [0.3, 0.4) is 0 Å². The average Bonchev–Trinajstić information content (AvgIpc) is 2.54. The van der Waals surface area contributed by atoms with Crippen LogP contribution in [-0.2, 0) is 17.5 Å². The minimum atomic E-state index is -4.50. The van der Waals surface area contributed by atoms with E-state index in [0.29, 0.717) is 18.1 Å². The van der Waals surface area contributed by atoms with Gasteiger partial charge in [0.25, 0.3) is 0 Å². The normalized spacial score (nSPS) is 11.4. The molecule has 0 bridgehead atoms. The Kier molecular flexibility index (Phi) is 6.70. The summed E-state index contributed by atoms with van der Waals surface area (Å²) >= 11 is 11.6. The van der Waals surface area contributed by atoms with Crippen molar-refractivity contribution in [3.63, 3.8) is 0 Å². The maximum Gasteiger partial charge on any atom is 0.416 e. The van der Waals surface area contributed by atoms with Gasteiger partial charge in [0, 0.05) is 24.5 Å². The Balaban J connectivity index is 1.83. The predicted octanol–water partition coefficient (Wildman–Crippen LogP) is 5.13. The summed E-state index contributed by atoms with van der Waals surface area (Å²) in [6, 6.07) is 10.0. The number of carbonyl (C=O) groups excluding carboxylic acids is 1. The van der Waals surface area contributed by atoms with Gasteiger partial charge in [0.1, 0.15) is 0 Å². The molecular weight excluding hydrogens is 376 g/mol. The minimum absolute atomic E-state index is 0.0514. The highest BCUT2D eigenvalue weighted by Crippen LogP contribution is 2.33. The highest BCUT2D eigenvalue weighted by atomic mass is 35.5. The van der Waals surface area contributed by atoms with Crippen LogP contribution in [0.1, 0.15) is 17.5 Å². The number of amides is 1. The summed E-state index contributed by atoms with van der Waals surface area (Å²) in [6.07, 6.45) is -4.40. The lowest BCUT2D eigenvalue weighted by molar-refractivity contribution is -0.137. The van der Waals surface area contributed by atoms with Gasteiger partial charge < -0.3 is 10.6 Å². The third-order valence-corrected chi connectivity index (χ3v) is 3.92. The molecule has 3 nitrogen and oxygen atoms in total.